The fraction of sp³-hybridized carbons (Fsp3) is 0.600. The van der Waals surface area contributed by atoms with Gasteiger partial charge in [-0.2, -0.15) is 0 Å². The highest BCUT2D eigenvalue weighted by molar-refractivity contribution is 6.31. The SMILES string of the molecule is Cc1ccc(N2CCCN3C4C(=O)N(CC(C)C)C(=O)N(C)C4NC23)cc1Cl. The van der Waals surface area contributed by atoms with Gasteiger partial charge in [0.1, 0.15) is 18.5 Å². The number of carbonyl (C=O) groups excluding carboxylic acids is 2. The summed E-state index contributed by atoms with van der Waals surface area (Å²) in [6.07, 6.45) is 0.484. The third kappa shape index (κ3) is 3.06. The lowest BCUT2D eigenvalue weighted by molar-refractivity contribution is -0.139. The number of hydrogen-bond acceptors (Lipinski definition) is 5. The fourth-order valence-electron chi connectivity index (χ4n) is 4.48. The van der Waals surface area contributed by atoms with E-state index in [0.717, 1.165) is 35.8 Å². The first-order valence-electron chi connectivity index (χ1n) is 9.92. The Labute approximate surface area is 171 Å². The molecule has 0 saturated carbocycles. The number of halogens is 1. The summed E-state index contributed by atoms with van der Waals surface area (Å²) in [5.74, 6) is 0.135. The van der Waals surface area contributed by atoms with Gasteiger partial charge in [-0.1, -0.05) is 31.5 Å². The van der Waals surface area contributed by atoms with E-state index in [-0.39, 0.29) is 36.4 Å². The third-order valence-electron chi connectivity index (χ3n) is 5.90. The molecule has 1 N–H and O–H groups in total. The molecule has 0 bridgehead atoms. The molecule has 3 aliphatic heterocycles. The Balaban J connectivity index is 1.65. The Morgan fingerprint density at radius 1 is 1.25 bits per heavy atom. The van der Waals surface area contributed by atoms with Crippen molar-refractivity contribution in [3.05, 3.63) is 28.8 Å². The molecular formula is C20H28ClN5O2. The molecule has 0 radical (unpaired) electrons. The Hall–Kier alpha value is -1.83. The maximum Gasteiger partial charge on any atom is 0.327 e. The molecule has 3 heterocycles. The van der Waals surface area contributed by atoms with E-state index in [1.54, 1.807) is 11.9 Å². The minimum Gasteiger partial charge on any atom is -0.343 e. The number of fused-ring (bicyclic) bond motifs is 3. The molecule has 0 aromatic heterocycles. The van der Waals surface area contributed by atoms with Crippen LogP contribution in [-0.4, -0.2) is 71.8 Å². The standard InChI is InChI=1S/C20H28ClN5O2/c1-12(2)11-26-18(27)16-17(23(4)20(26)28)22-19-24(8-5-9-25(16)19)14-7-6-13(3)15(21)10-14/h6-7,10,12,16-17,19,22H,5,8-9,11H2,1-4H3. The molecule has 7 nitrogen and oxygen atoms in total. The lowest BCUT2D eigenvalue weighted by Gasteiger charge is -2.44. The van der Waals surface area contributed by atoms with Gasteiger partial charge in [0.05, 0.1) is 0 Å². The number of imide groups is 1. The van der Waals surface area contributed by atoms with Gasteiger partial charge in [0.15, 0.2) is 0 Å². The molecule has 3 atom stereocenters. The molecule has 1 aromatic rings. The smallest absolute Gasteiger partial charge is 0.327 e. The van der Waals surface area contributed by atoms with E-state index in [2.05, 4.69) is 21.2 Å². The van der Waals surface area contributed by atoms with Gasteiger partial charge in [0.2, 0.25) is 0 Å². The summed E-state index contributed by atoms with van der Waals surface area (Å²) in [7, 11) is 1.78. The van der Waals surface area contributed by atoms with Crippen LogP contribution in [0.4, 0.5) is 10.5 Å². The van der Waals surface area contributed by atoms with Crippen molar-refractivity contribution in [3.63, 3.8) is 0 Å². The van der Waals surface area contributed by atoms with Crippen molar-refractivity contribution < 1.29 is 9.59 Å². The van der Waals surface area contributed by atoms with Crippen LogP contribution in [-0.2, 0) is 4.79 Å². The Morgan fingerprint density at radius 2 is 2.00 bits per heavy atom. The van der Waals surface area contributed by atoms with E-state index in [4.69, 9.17) is 11.6 Å². The zero-order chi connectivity index (χ0) is 20.2. The maximum atomic E-state index is 13.3. The molecule has 28 heavy (non-hydrogen) atoms. The van der Waals surface area contributed by atoms with Gasteiger partial charge in [-0.3, -0.25) is 19.9 Å². The third-order valence-corrected chi connectivity index (χ3v) is 6.31. The van der Waals surface area contributed by atoms with E-state index in [1.165, 1.54) is 4.90 Å². The summed E-state index contributed by atoms with van der Waals surface area (Å²) in [5.41, 5.74) is 2.06. The van der Waals surface area contributed by atoms with Crippen LogP contribution >= 0.6 is 11.6 Å². The number of nitrogens with one attached hydrogen (secondary N) is 1. The van der Waals surface area contributed by atoms with Crippen LogP contribution in [0.1, 0.15) is 25.8 Å². The van der Waals surface area contributed by atoms with Crippen LogP contribution in [0.3, 0.4) is 0 Å². The van der Waals surface area contributed by atoms with Crippen LogP contribution < -0.4 is 10.2 Å². The Bertz CT molecular complexity index is 801. The molecule has 3 amide bonds. The number of urea groups is 1. The number of anilines is 1. The summed E-state index contributed by atoms with van der Waals surface area (Å²) in [6, 6.07) is 5.47. The largest absolute Gasteiger partial charge is 0.343 e. The van der Waals surface area contributed by atoms with Crippen molar-refractivity contribution in [2.75, 3.05) is 31.6 Å². The minimum absolute atomic E-state index is 0.0967. The normalized spacial score (nSPS) is 28.2. The molecule has 3 fully saturated rings. The predicted molar refractivity (Wildman–Crippen MR) is 109 cm³/mol. The number of hydrogen-bond donors (Lipinski definition) is 1. The first-order valence-corrected chi connectivity index (χ1v) is 10.3. The van der Waals surface area contributed by atoms with Gasteiger partial charge in [-0.25, -0.2) is 4.79 Å². The highest BCUT2D eigenvalue weighted by atomic mass is 35.5. The average molecular weight is 406 g/mol. The topological polar surface area (TPSA) is 59.1 Å². The molecule has 152 valence electrons. The van der Waals surface area contributed by atoms with E-state index >= 15 is 0 Å². The van der Waals surface area contributed by atoms with Gasteiger partial charge in [-0.05, 0) is 37.0 Å². The van der Waals surface area contributed by atoms with Crippen molar-refractivity contribution in [2.24, 2.45) is 5.92 Å². The van der Waals surface area contributed by atoms with Crippen molar-refractivity contribution >= 4 is 29.2 Å². The summed E-state index contributed by atoms with van der Waals surface area (Å²) in [4.78, 5) is 33.6. The highest BCUT2D eigenvalue weighted by Gasteiger charge is 2.56. The van der Waals surface area contributed by atoms with Gasteiger partial charge in [-0.15, -0.1) is 0 Å². The van der Waals surface area contributed by atoms with Crippen LogP contribution in [0.25, 0.3) is 0 Å². The van der Waals surface area contributed by atoms with E-state index in [1.807, 2.05) is 32.9 Å². The molecule has 0 spiro atoms. The monoisotopic (exact) mass is 405 g/mol. The number of rotatable bonds is 3. The lowest BCUT2D eigenvalue weighted by Crippen LogP contribution is -2.66. The number of carbonyl (C=O) groups is 2. The molecule has 3 aliphatic rings. The Kier molecular flexibility index (Phi) is 5.02. The lowest BCUT2D eigenvalue weighted by atomic mass is 10.1. The summed E-state index contributed by atoms with van der Waals surface area (Å²) in [5, 5.41) is 4.26. The second-order valence-electron chi connectivity index (χ2n) is 8.38. The first kappa shape index (κ1) is 19.5. The number of amides is 3. The predicted octanol–water partition coefficient (Wildman–Crippen LogP) is 2.29. The summed E-state index contributed by atoms with van der Waals surface area (Å²) in [6.45, 7) is 8.16. The molecule has 8 heteroatoms. The van der Waals surface area contributed by atoms with E-state index < -0.39 is 0 Å². The van der Waals surface area contributed by atoms with Crippen molar-refractivity contribution in [2.45, 2.75) is 45.7 Å². The van der Waals surface area contributed by atoms with Gasteiger partial charge < -0.3 is 9.80 Å². The Morgan fingerprint density at radius 3 is 2.68 bits per heavy atom. The number of benzene rings is 1. The first-order chi connectivity index (χ1) is 13.3. The van der Waals surface area contributed by atoms with Gasteiger partial charge >= 0.3 is 6.03 Å². The van der Waals surface area contributed by atoms with E-state index in [9.17, 15) is 9.59 Å². The van der Waals surface area contributed by atoms with Crippen molar-refractivity contribution in [1.82, 2.24) is 20.0 Å². The van der Waals surface area contributed by atoms with Crippen molar-refractivity contribution in [3.8, 4) is 0 Å². The zero-order valence-corrected chi connectivity index (χ0v) is 17.6. The highest BCUT2D eigenvalue weighted by Crippen LogP contribution is 2.34. The minimum atomic E-state index is -0.366. The van der Waals surface area contributed by atoms with Crippen molar-refractivity contribution in [1.29, 1.82) is 0 Å². The average Bonchev–Trinajstić information content (AvgIpc) is 3.05. The number of nitrogens with zero attached hydrogens (tertiary/aromatic N) is 4. The number of aryl methyl sites for hydroxylation is 1. The second kappa shape index (κ2) is 7.21. The van der Waals surface area contributed by atoms with E-state index in [0.29, 0.717) is 6.54 Å². The van der Waals surface area contributed by atoms with Gasteiger partial charge in [0.25, 0.3) is 5.91 Å². The quantitative estimate of drug-likeness (QED) is 0.836. The molecule has 0 aliphatic carbocycles. The van der Waals surface area contributed by atoms with Crippen LogP contribution in [0.5, 0.6) is 0 Å². The maximum absolute atomic E-state index is 13.3. The molecule has 3 saturated heterocycles. The van der Waals surface area contributed by atoms with Gasteiger partial charge in [0, 0.05) is 37.4 Å². The van der Waals surface area contributed by atoms with Crippen LogP contribution in [0.2, 0.25) is 5.02 Å². The van der Waals surface area contributed by atoms with Crippen LogP contribution in [0, 0.1) is 12.8 Å². The molecule has 1 aromatic carbocycles. The molecule has 4 rings (SSSR count). The second-order valence-corrected chi connectivity index (χ2v) is 8.79. The summed E-state index contributed by atoms with van der Waals surface area (Å²) >= 11 is 6.36. The molecular weight excluding hydrogens is 378 g/mol. The number of likely N-dealkylation sites (N-methyl/N-ethyl adjacent to an activating group) is 1. The summed E-state index contributed by atoms with van der Waals surface area (Å²) < 4.78 is 0. The van der Waals surface area contributed by atoms with Crippen LogP contribution in [0.15, 0.2) is 18.2 Å². The fourth-order valence-corrected chi connectivity index (χ4v) is 4.65. The zero-order valence-electron chi connectivity index (χ0n) is 16.9. The molecule has 3 unspecified atom stereocenters.